The summed E-state index contributed by atoms with van der Waals surface area (Å²) in [6, 6.07) is 0. The lowest BCUT2D eigenvalue weighted by Gasteiger charge is -2.30. The fourth-order valence-corrected chi connectivity index (χ4v) is 4.17. The Morgan fingerprint density at radius 2 is 2.06 bits per heavy atom. The Balaban J connectivity index is 2.45. The fourth-order valence-electron chi connectivity index (χ4n) is 2.25. The fraction of sp³-hybridized carbons (Fsp3) is 1.00. The summed E-state index contributed by atoms with van der Waals surface area (Å²) in [6.45, 7) is 5.72. The Morgan fingerprint density at radius 1 is 1.39 bits per heavy atom. The van der Waals surface area contributed by atoms with Gasteiger partial charge in [0.1, 0.15) is 0 Å². The highest BCUT2D eigenvalue weighted by atomic mass is 35.7. The molecule has 1 atom stereocenters. The van der Waals surface area contributed by atoms with Crippen LogP contribution in [0, 0.1) is 5.41 Å². The minimum Gasteiger partial charge on any atom is -0.378 e. The maximum Gasteiger partial charge on any atom is 0.233 e. The predicted octanol–water partition coefficient (Wildman–Crippen LogP) is 2.56. The van der Waals surface area contributed by atoms with Gasteiger partial charge in [0.05, 0.1) is 25.1 Å². The first-order valence-corrected chi connectivity index (χ1v) is 9.00. The van der Waals surface area contributed by atoms with E-state index >= 15 is 0 Å². The molecule has 1 fully saturated rings. The van der Waals surface area contributed by atoms with Crippen molar-refractivity contribution in [2.45, 2.75) is 45.6 Å². The third-order valence-electron chi connectivity index (χ3n) is 3.71. The van der Waals surface area contributed by atoms with Crippen LogP contribution in [0.5, 0.6) is 0 Å². The second-order valence-corrected chi connectivity index (χ2v) is 7.82. The van der Waals surface area contributed by atoms with E-state index in [0.717, 1.165) is 32.3 Å². The summed E-state index contributed by atoms with van der Waals surface area (Å²) in [5.74, 6) is -0.0277. The van der Waals surface area contributed by atoms with E-state index in [0.29, 0.717) is 13.2 Å². The van der Waals surface area contributed by atoms with Crippen molar-refractivity contribution < 1.29 is 17.9 Å². The normalized spacial score (nSPS) is 21.4. The Hall–Kier alpha value is 0.160. The van der Waals surface area contributed by atoms with Crippen molar-refractivity contribution in [1.29, 1.82) is 0 Å². The van der Waals surface area contributed by atoms with E-state index in [1.54, 1.807) is 0 Å². The van der Waals surface area contributed by atoms with E-state index in [-0.39, 0.29) is 17.3 Å². The molecule has 0 bridgehead atoms. The van der Waals surface area contributed by atoms with Crippen LogP contribution < -0.4 is 0 Å². The molecule has 18 heavy (non-hydrogen) atoms. The van der Waals surface area contributed by atoms with E-state index in [1.165, 1.54) is 0 Å². The van der Waals surface area contributed by atoms with Gasteiger partial charge in [-0.15, -0.1) is 0 Å². The Morgan fingerprint density at radius 3 is 2.50 bits per heavy atom. The van der Waals surface area contributed by atoms with Crippen LogP contribution in [0.3, 0.4) is 0 Å². The van der Waals surface area contributed by atoms with E-state index in [1.807, 2.05) is 13.8 Å². The zero-order valence-electron chi connectivity index (χ0n) is 11.2. The molecule has 0 radical (unpaired) electrons. The molecular formula is C12H23ClO4S. The minimum absolute atomic E-state index is 0.0277. The van der Waals surface area contributed by atoms with Gasteiger partial charge in [-0.05, 0) is 25.7 Å². The first-order valence-electron chi connectivity index (χ1n) is 6.52. The number of halogens is 1. The molecule has 0 amide bonds. The maximum absolute atomic E-state index is 11.3. The summed E-state index contributed by atoms with van der Waals surface area (Å²) in [7, 11) is 1.88. The summed E-state index contributed by atoms with van der Waals surface area (Å²) in [5.41, 5.74) is -0.376. The molecule has 6 heteroatoms. The summed E-state index contributed by atoms with van der Waals surface area (Å²) in [6.07, 6.45) is 3.75. The van der Waals surface area contributed by atoms with Crippen molar-refractivity contribution in [1.82, 2.24) is 0 Å². The van der Waals surface area contributed by atoms with Gasteiger partial charge in [0.15, 0.2) is 0 Å². The molecule has 0 N–H and O–H groups in total. The summed E-state index contributed by atoms with van der Waals surface area (Å²) < 4.78 is 33.7. The van der Waals surface area contributed by atoms with Gasteiger partial charge >= 0.3 is 0 Å². The molecule has 0 aromatic carbocycles. The van der Waals surface area contributed by atoms with Crippen molar-refractivity contribution in [2.75, 3.05) is 25.6 Å². The third kappa shape index (κ3) is 5.43. The Bertz CT molecular complexity index is 332. The van der Waals surface area contributed by atoms with Gasteiger partial charge in [-0.2, -0.15) is 0 Å². The minimum atomic E-state index is -3.49. The van der Waals surface area contributed by atoms with E-state index in [4.69, 9.17) is 20.2 Å². The lowest BCUT2D eigenvalue weighted by atomic mass is 9.85. The van der Waals surface area contributed by atoms with Crippen molar-refractivity contribution in [3.63, 3.8) is 0 Å². The van der Waals surface area contributed by atoms with Crippen LogP contribution in [-0.4, -0.2) is 40.1 Å². The van der Waals surface area contributed by atoms with Crippen LogP contribution in [0.15, 0.2) is 0 Å². The monoisotopic (exact) mass is 298 g/mol. The average molecular weight is 299 g/mol. The first-order chi connectivity index (χ1) is 8.41. The molecule has 1 aliphatic rings. The van der Waals surface area contributed by atoms with Crippen molar-refractivity contribution >= 4 is 19.7 Å². The lowest BCUT2D eigenvalue weighted by Crippen LogP contribution is -2.33. The highest BCUT2D eigenvalue weighted by Gasteiger charge is 2.32. The van der Waals surface area contributed by atoms with Crippen LogP contribution in [0.25, 0.3) is 0 Å². The van der Waals surface area contributed by atoms with Crippen LogP contribution in [0.1, 0.15) is 39.5 Å². The molecule has 1 aliphatic heterocycles. The molecule has 1 heterocycles. The molecule has 108 valence electrons. The number of ether oxygens (including phenoxy) is 2. The molecule has 1 rings (SSSR count). The van der Waals surface area contributed by atoms with Crippen molar-refractivity contribution in [3.05, 3.63) is 0 Å². The summed E-state index contributed by atoms with van der Waals surface area (Å²) >= 11 is 0. The van der Waals surface area contributed by atoms with Gasteiger partial charge in [-0.1, -0.05) is 13.8 Å². The van der Waals surface area contributed by atoms with Gasteiger partial charge in [0.2, 0.25) is 9.05 Å². The highest BCUT2D eigenvalue weighted by Crippen LogP contribution is 2.30. The number of hydrogen-bond donors (Lipinski definition) is 0. The maximum atomic E-state index is 11.3. The second kappa shape index (κ2) is 7.08. The molecule has 0 saturated carbocycles. The molecule has 0 aromatic rings. The van der Waals surface area contributed by atoms with Crippen molar-refractivity contribution in [3.8, 4) is 0 Å². The van der Waals surface area contributed by atoms with Crippen LogP contribution in [-0.2, 0) is 18.5 Å². The van der Waals surface area contributed by atoms with E-state index < -0.39 is 9.05 Å². The van der Waals surface area contributed by atoms with Crippen LogP contribution >= 0.6 is 10.7 Å². The number of hydrogen-bond acceptors (Lipinski definition) is 4. The Labute approximate surface area is 114 Å². The third-order valence-corrected chi connectivity index (χ3v) is 5.00. The first kappa shape index (κ1) is 16.2. The van der Waals surface area contributed by atoms with Gasteiger partial charge in [-0.3, -0.25) is 0 Å². The van der Waals surface area contributed by atoms with Gasteiger partial charge in [0.25, 0.3) is 0 Å². The zero-order chi connectivity index (χ0) is 13.6. The Kier molecular flexibility index (Phi) is 6.38. The standard InChI is InChI=1S/C12H23ClO4S/c1-3-12(4-2,10-18(13,14)15)9-16-8-11-6-5-7-17-11/h11H,3-10H2,1-2H3. The van der Waals surface area contributed by atoms with Gasteiger partial charge < -0.3 is 9.47 Å². The molecule has 0 aromatic heterocycles. The topological polar surface area (TPSA) is 52.6 Å². The average Bonchev–Trinajstić information content (AvgIpc) is 2.79. The lowest BCUT2D eigenvalue weighted by molar-refractivity contribution is -0.0148. The molecule has 1 unspecified atom stereocenters. The summed E-state index contributed by atoms with van der Waals surface area (Å²) in [4.78, 5) is 0. The molecule has 4 nitrogen and oxygen atoms in total. The quantitative estimate of drug-likeness (QED) is 0.646. The SMILES string of the molecule is CCC(CC)(COCC1CCCO1)CS(=O)(=O)Cl. The van der Waals surface area contributed by atoms with Gasteiger partial charge in [0, 0.05) is 22.7 Å². The zero-order valence-corrected chi connectivity index (χ0v) is 12.7. The molecule has 0 aliphatic carbocycles. The van der Waals surface area contributed by atoms with Crippen LogP contribution in [0.4, 0.5) is 0 Å². The van der Waals surface area contributed by atoms with Crippen LogP contribution in [0.2, 0.25) is 0 Å². The molecular weight excluding hydrogens is 276 g/mol. The predicted molar refractivity (Wildman–Crippen MR) is 72.4 cm³/mol. The van der Waals surface area contributed by atoms with E-state index in [9.17, 15) is 8.42 Å². The van der Waals surface area contributed by atoms with Gasteiger partial charge in [-0.25, -0.2) is 8.42 Å². The van der Waals surface area contributed by atoms with Crippen molar-refractivity contribution in [2.24, 2.45) is 5.41 Å². The molecule has 1 saturated heterocycles. The smallest absolute Gasteiger partial charge is 0.233 e. The largest absolute Gasteiger partial charge is 0.378 e. The molecule has 0 spiro atoms. The number of rotatable bonds is 8. The van der Waals surface area contributed by atoms with E-state index in [2.05, 4.69) is 0 Å². The second-order valence-electron chi connectivity index (χ2n) is 5.04. The highest BCUT2D eigenvalue weighted by molar-refractivity contribution is 8.13. The summed E-state index contributed by atoms with van der Waals surface area (Å²) in [5, 5.41) is 0.